The molecule has 0 N–H and O–H groups in total. The molecule has 2 saturated carbocycles. The number of methoxy groups -OCH3 is 1. The molecule has 0 spiro atoms. The predicted octanol–water partition coefficient (Wildman–Crippen LogP) is 4.08. The number of rotatable bonds is 1. The Morgan fingerprint density at radius 3 is 2.75 bits per heavy atom. The Morgan fingerprint density at radius 2 is 2.00 bits per heavy atom. The van der Waals surface area contributed by atoms with Crippen LogP contribution in [0.2, 0.25) is 0 Å². The van der Waals surface area contributed by atoms with E-state index in [9.17, 15) is 9.59 Å². The molecule has 0 aromatic heterocycles. The van der Waals surface area contributed by atoms with Crippen molar-refractivity contribution in [3.8, 4) is 0 Å². The van der Waals surface area contributed by atoms with Crippen molar-refractivity contribution in [1.29, 1.82) is 0 Å². The van der Waals surface area contributed by atoms with E-state index in [1.54, 1.807) is 6.08 Å². The molecule has 0 radical (unpaired) electrons. The summed E-state index contributed by atoms with van der Waals surface area (Å²) >= 11 is 0. The Kier molecular flexibility index (Phi) is 3.56. The summed E-state index contributed by atoms with van der Waals surface area (Å²) < 4.78 is 4.90. The van der Waals surface area contributed by atoms with Crippen LogP contribution in [0, 0.1) is 34.5 Å². The van der Waals surface area contributed by atoms with Crippen molar-refractivity contribution in [2.45, 2.75) is 52.4 Å². The lowest BCUT2D eigenvalue weighted by molar-refractivity contribution is -0.151. The fraction of sp³-hybridized carbons (Fsp3) is 0.714. The summed E-state index contributed by atoms with van der Waals surface area (Å²) in [6, 6.07) is 0. The Bertz CT molecular complexity index is 645. The Balaban J connectivity index is 1.72. The molecular weight excluding hydrogens is 300 g/mol. The number of ether oxygens (including phenoxy) is 1. The van der Waals surface area contributed by atoms with E-state index >= 15 is 0 Å². The SMILES string of the molecule is COC(=O)C1C[C@@]2(C)C(=CC1=O)C=C[C@@H]1[C@H]2CC[C@]2(C)CCC[C@@H]12. The van der Waals surface area contributed by atoms with Crippen molar-refractivity contribution in [1.82, 2.24) is 0 Å². The number of fused-ring (bicyclic) bond motifs is 5. The highest BCUT2D eigenvalue weighted by Crippen LogP contribution is 2.63. The van der Waals surface area contributed by atoms with E-state index in [4.69, 9.17) is 4.74 Å². The first-order chi connectivity index (χ1) is 11.4. The van der Waals surface area contributed by atoms with Crippen LogP contribution in [0.15, 0.2) is 23.8 Å². The van der Waals surface area contributed by atoms with Crippen LogP contribution in [0.1, 0.15) is 52.4 Å². The first kappa shape index (κ1) is 16.1. The van der Waals surface area contributed by atoms with E-state index in [1.165, 1.54) is 39.2 Å². The van der Waals surface area contributed by atoms with Gasteiger partial charge in [0.1, 0.15) is 5.92 Å². The number of ketones is 1. The highest BCUT2D eigenvalue weighted by molar-refractivity contribution is 6.06. The molecule has 3 heteroatoms. The molecule has 4 aliphatic rings. The van der Waals surface area contributed by atoms with E-state index in [-0.39, 0.29) is 17.2 Å². The second kappa shape index (κ2) is 5.31. The van der Waals surface area contributed by atoms with Crippen LogP contribution in [0.25, 0.3) is 0 Å². The third kappa shape index (κ3) is 2.09. The minimum Gasteiger partial charge on any atom is -0.468 e. The van der Waals surface area contributed by atoms with Crippen molar-refractivity contribution in [3.05, 3.63) is 23.8 Å². The summed E-state index contributed by atoms with van der Waals surface area (Å²) in [5.74, 6) is 0.834. The van der Waals surface area contributed by atoms with Gasteiger partial charge in [0.05, 0.1) is 7.11 Å². The highest BCUT2D eigenvalue weighted by Gasteiger charge is 2.56. The monoisotopic (exact) mass is 328 g/mol. The molecule has 3 nitrogen and oxygen atoms in total. The van der Waals surface area contributed by atoms with Gasteiger partial charge in [0, 0.05) is 0 Å². The zero-order valence-electron chi connectivity index (χ0n) is 15.0. The zero-order valence-corrected chi connectivity index (χ0v) is 15.0. The summed E-state index contributed by atoms with van der Waals surface area (Å²) in [5.41, 5.74) is 1.56. The van der Waals surface area contributed by atoms with Crippen molar-refractivity contribution in [3.63, 3.8) is 0 Å². The maximum atomic E-state index is 12.4. The summed E-state index contributed by atoms with van der Waals surface area (Å²) in [6.45, 7) is 4.75. The first-order valence-electron chi connectivity index (χ1n) is 9.41. The van der Waals surface area contributed by atoms with Gasteiger partial charge >= 0.3 is 5.97 Å². The first-order valence-corrected chi connectivity index (χ1v) is 9.41. The van der Waals surface area contributed by atoms with Gasteiger partial charge < -0.3 is 4.74 Å². The quantitative estimate of drug-likeness (QED) is 0.538. The summed E-state index contributed by atoms with van der Waals surface area (Å²) in [7, 11) is 1.38. The summed E-state index contributed by atoms with van der Waals surface area (Å²) in [4.78, 5) is 24.5. The molecule has 2 fully saturated rings. The van der Waals surface area contributed by atoms with Gasteiger partial charge in [0.15, 0.2) is 5.78 Å². The van der Waals surface area contributed by atoms with Crippen LogP contribution in [-0.4, -0.2) is 18.9 Å². The number of allylic oxidation sites excluding steroid dienone is 4. The van der Waals surface area contributed by atoms with Gasteiger partial charge in [-0.05, 0) is 72.3 Å². The number of esters is 1. The van der Waals surface area contributed by atoms with Crippen molar-refractivity contribution in [2.75, 3.05) is 7.11 Å². The number of carbonyl (C=O) groups excluding carboxylic acids is 2. The number of carbonyl (C=O) groups is 2. The third-order valence-electron chi connectivity index (χ3n) is 7.84. The average Bonchev–Trinajstić information content (AvgIpc) is 2.96. The van der Waals surface area contributed by atoms with Crippen LogP contribution in [0.4, 0.5) is 0 Å². The fourth-order valence-corrected chi connectivity index (χ4v) is 6.42. The topological polar surface area (TPSA) is 43.4 Å². The number of hydrogen-bond acceptors (Lipinski definition) is 3. The molecule has 0 saturated heterocycles. The zero-order chi connectivity index (χ0) is 17.1. The molecule has 6 atom stereocenters. The molecule has 4 rings (SSSR count). The van der Waals surface area contributed by atoms with Crippen molar-refractivity contribution < 1.29 is 14.3 Å². The number of hydrogen-bond donors (Lipinski definition) is 0. The van der Waals surface area contributed by atoms with Gasteiger partial charge in [-0.15, -0.1) is 0 Å². The highest BCUT2D eigenvalue weighted by atomic mass is 16.5. The standard InChI is InChI=1S/C21H28O3/c1-20-9-4-5-16(20)14-7-6-13-11-18(22)15(19(23)24-3)12-21(13,2)17(14)8-10-20/h6-7,11,14-17H,4-5,8-10,12H2,1-3H3/t14-,15?,16-,17+,20-,21-/m0/s1. The largest absolute Gasteiger partial charge is 0.468 e. The predicted molar refractivity (Wildman–Crippen MR) is 92.1 cm³/mol. The van der Waals surface area contributed by atoms with Crippen molar-refractivity contribution >= 4 is 11.8 Å². The molecule has 0 amide bonds. The molecule has 0 aromatic carbocycles. The average molecular weight is 328 g/mol. The molecule has 4 aliphatic carbocycles. The Morgan fingerprint density at radius 1 is 1.21 bits per heavy atom. The van der Waals surface area contributed by atoms with Crippen LogP contribution in [-0.2, 0) is 14.3 Å². The van der Waals surface area contributed by atoms with Crippen LogP contribution in [0.5, 0.6) is 0 Å². The lowest BCUT2D eigenvalue weighted by atomic mass is 9.49. The van der Waals surface area contributed by atoms with E-state index in [0.717, 1.165) is 11.5 Å². The molecule has 24 heavy (non-hydrogen) atoms. The van der Waals surface area contributed by atoms with Gasteiger partial charge in [0.25, 0.3) is 0 Å². The van der Waals surface area contributed by atoms with Crippen LogP contribution < -0.4 is 0 Å². The van der Waals surface area contributed by atoms with Crippen LogP contribution >= 0.6 is 0 Å². The molecular formula is C21H28O3. The van der Waals surface area contributed by atoms with E-state index in [1.807, 2.05) is 0 Å². The van der Waals surface area contributed by atoms with Crippen molar-refractivity contribution in [2.24, 2.45) is 34.5 Å². The minimum absolute atomic E-state index is 0.0733. The minimum atomic E-state index is -0.618. The van der Waals surface area contributed by atoms with E-state index < -0.39 is 5.92 Å². The second-order valence-electron chi connectivity index (χ2n) is 8.93. The van der Waals surface area contributed by atoms with Gasteiger partial charge in [-0.1, -0.05) is 32.4 Å². The maximum Gasteiger partial charge on any atom is 0.316 e. The Labute approximate surface area is 144 Å². The maximum absolute atomic E-state index is 12.4. The van der Waals surface area contributed by atoms with Gasteiger partial charge in [0.2, 0.25) is 0 Å². The Hall–Kier alpha value is -1.38. The van der Waals surface area contributed by atoms with Gasteiger partial charge in [-0.25, -0.2) is 0 Å². The molecule has 0 heterocycles. The van der Waals surface area contributed by atoms with Gasteiger partial charge in [-0.3, -0.25) is 9.59 Å². The lowest BCUT2D eigenvalue weighted by Gasteiger charge is -2.55. The third-order valence-corrected chi connectivity index (χ3v) is 7.84. The second-order valence-corrected chi connectivity index (χ2v) is 8.93. The van der Waals surface area contributed by atoms with E-state index in [2.05, 4.69) is 26.0 Å². The van der Waals surface area contributed by atoms with Crippen LogP contribution in [0.3, 0.4) is 0 Å². The summed E-state index contributed by atoms with van der Waals surface area (Å²) in [5, 5.41) is 0. The molecule has 0 aromatic rings. The normalized spacial score (nSPS) is 46.6. The molecule has 1 unspecified atom stereocenters. The molecule has 0 bridgehead atoms. The fourth-order valence-electron chi connectivity index (χ4n) is 6.42. The van der Waals surface area contributed by atoms with E-state index in [0.29, 0.717) is 23.7 Å². The molecule has 130 valence electrons. The van der Waals surface area contributed by atoms with Gasteiger partial charge in [-0.2, -0.15) is 0 Å². The molecule has 0 aliphatic heterocycles. The smallest absolute Gasteiger partial charge is 0.316 e. The lowest BCUT2D eigenvalue weighted by Crippen LogP contribution is -2.49. The summed E-state index contributed by atoms with van der Waals surface area (Å²) in [6.07, 6.45) is 13.4.